The third kappa shape index (κ3) is 5.50. The first-order valence-electron chi connectivity index (χ1n) is 10.2. The molecule has 2 aliphatic heterocycles. The van der Waals surface area contributed by atoms with Crippen molar-refractivity contribution in [2.75, 3.05) is 19.9 Å². The number of benzene rings is 2. The van der Waals surface area contributed by atoms with Gasteiger partial charge in [-0.1, -0.05) is 41.9 Å². The fourth-order valence-corrected chi connectivity index (χ4v) is 4.32. The van der Waals surface area contributed by atoms with Crippen LogP contribution in [0.4, 0.5) is 0 Å². The quantitative estimate of drug-likeness (QED) is 0.778. The van der Waals surface area contributed by atoms with Crippen molar-refractivity contribution in [3.05, 3.63) is 64.2 Å². The molecule has 1 saturated heterocycles. The van der Waals surface area contributed by atoms with Crippen molar-refractivity contribution < 1.29 is 14.3 Å². The van der Waals surface area contributed by atoms with Crippen LogP contribution in [0.1, 0.15) is 36.0 Å². The second-order valence-corrected chi connectivity index (χ2v) is 8.20. The highest BCUT2D eigenvalue weighted by Gasteiger charge is 2.23. The Morgan fingerprint density at radius 2 is 1.97 bits per heavy atom. The maximum Gasteiger partial charge on any atom is 0.220 e. The van der Waals surface area contributed by atoms with Crippen LogP contribution in [0.2, 0.25) is 5.02 Å². The maximum atomic E-state index is 12.3. The summed E-state index contributed by atoms with van der Waals surface area (Å²) in [5.41, 5.74) is 3.33. The van der Waals surface area contributed by atoms with Gasteiger partial charge in [0.1, 0.15) is 5.75 Å². The Bertz CT molecular complexity index is 836. The molecule has 29 heavy (non-hydrogen) atoms. The number of nitrogens with one attached hydrogen (secondary N) is 1. The van der Waals surface area contributed by atoms with Crippen molar-refractivity contribution in [3.63, 3.8) is 0 Å². The van der Waals surface area contributed by atoms with Crippen LogP contribution in [0.25, 0.3) is 0 Å². The first-order valence-corrected chi connectivity index (χ1v) is 10.6. The molecule has 1 N–H and O–H groups in total. The first kappa shape index (κ1) is 20.2. The number of amides is 1. The van der Waals surface area contributed by atoms with Gasteiger partial charge in [0.2, 0.25) is 5.91 Å². The van der Waals surface area contributed by atoms with Crippen molar-refractivity contribution in [2.45, 2.75) is 44.9 Å². The third-order valence-corrected chi connectivity index (χ3v) is 5.80. The highest BCUT2D eigenvalue weighted by molar-refractivity contribution is 6.30. The van der Waals surface area contributed by atoms with Crippen LogP contribution in [0, 0.1) is 0 Å². The number of likely N-dealkylation sites (tertiary alicyclic amines) is 1. The molecule has 0 atom stereocenters. The summed E-state index contributed by atoms with van der Waals surface area (Å²) in [6, 6.07) is 14.3. The number of hydrogen-bond acceptors (Lipinski definition) is 4. The number of halogens is 1. The summed E-state index contributed by atoms with van der Waals surface area (Å²) >= 11 is 6.28. The molecule has 4 rings (SSSR count). The van der Waals surface area contributed by atoms with E-state index in [9.17, 15) is 4.79 Å². The van der Waals surface area contributed by atoms with Gasteiger partial charge in [-0.25, -0.2) is 0 Å². The van der Waals surface area contributed by atoms with Crippen LogP contribution in [-0.2, 0) is 29.1 Å². The van der Waals surface area contributed by atoms with Gasteiger partial charge in [0, 0.05) is 48.2 Å². The summed E-state index contributed by atoms with van der Waals surface area (Å²) in [7, 11) is 0. The van der Waals surface area contributed by atoms with E-state index in [1.165, 1.54) is 5.56 Å². The van der Waals surface area contributed by atoms with Crippen LogP contribution < -0.4 is 10.1 Å². The number of carbonyl (C=O) groups excluding carboxylic acids is 1. The number of aryl methyl sites for hydroxylation is 1. The average Bonchev–Trinajstić information content (AvgIpc) is 2.74. The summed E-state index contributed by atoms with van der Waals surface area (Å²) in [5, 5.41) is 3.92. The molecule has 6 heteroatoms. The summed E-state index contributed by atoms with van der Waals surface area (Å²) in [6.07, 6.45) is 3.25. The molecular weight excluding hydrogens is 388 g/mol. The van der Waals surface area contributed by atoms with Crippen LogP contribution in [0.15, 0.2) is 42.5 Å². The Hall–Kier alpha value is -2.08. The lowest BCUT2D eigenvalue weighted by Crippen LogP contribution is -2.44. The fraction of sp³-hybridized carbons (Fsp3) is 0.435. The number of rotatable bonds is 6. The maximum absolute atomic E-state index is 12.3. The Labute approximate surface area is 176 Å². The third-order valence-electron chi connectivity index (χ3n) is 5.58. The van der Waals surface area contributed by atoms with Gasteiger partial charge in [-0.2, -0.15) is 0 Å². The predicted octanol–water partition coefficient (Wildman–Crippen LogP) is 3.92. The van der Waals surface area contributed by atoms with Gasteiger partial charge in [-0.3, -0.25) is 9.69 Å². The molecule has 154 valence electrons. The minimum absolute atomic E-state index is 0.143. The van der Waals surface area contributed by atoms with Gasteiger partial charge < -0.3 is 14.8 Å². The molecular formula is C23H27ClN2O3. The Morgan fingerprint density at radius 3 is 2.76 bits per heavy atom. The van der Waals surface area contributed by atoms with E-state index in [1.54, 1.807) is 0 Å². The molecule has 0 aliphatic carbocycles. The molecule has 1 fully saturated rings. The Kier molecular flexibility index (Phi) is 6.70. The van der Waals surface area contributed by atoms with E-state index in [1.807, 2.05) is 30.3 Å². The zero-order valence-corrected chi connectivity index (χ0v) is 17.3. The Morgan fingerprint density at radius 1 is 1.17 bits per heavy atom. The van der Waals surface area contributed by atoms with Gasteiger partial charge >= 0.3 is 0 Å². The molecule has 0 aromatic heterocycles. The van der Waals surface area contributed by atoms with Gasteiger partial charge in [-0.15, -0.1) is 0 Å². The average molecular weight is 415 g/mol. The summed E-state index contributed by atoms with van der Waals surface area (Å²) in [4.78, 5) is 14.7. The van der Waals surface area contributed by atoms with E-state index < -0.39 is 0 Å². The number of fused-ring (bicyclic) bond motifs is 1. The first-order chi connectivity index (χ1) is 14.2. The highest BCUT2D eigenvalue weighted by atomic mass is 35.5. The summed E-state index contributed by atoms with van der Waals surface area (Å²) in [5.74, 6) is 1.06. The normalized spacial score (nSPS) is 17.4. The number of nitrogens with zero attached hydrogens (tertiary/aromatic N) is 1. The van der Waals surface area contributed by atoms with Crippen LogP contribution >= 0.6 is 11.6 Å². The van der Waals surface area contributed by atoms with Crippen LogP contribution in [0.3, 0.4) is 0 Å². The lowest BCUT2D eigenvalue weighted by atomic mass is 10.0. The monoisotopic (exact) mass is 414 g/mol. The molecule has 5 nitrogen and oxygen atoms in total. The van der Waals surface area contributed by atoms with Crippen molar-refractivity contribution in [1.82, 2.24) is 10.2 Å². The van der Waals surface area contributed by atoms with E-state index in [2.05, 4.69) is 22.3 Å². The van der Waals surface area contributed by atoms with E-state index >= 15 is 0 Å². The zero-order valence-electron chi connectivity index (χ0n) is 16.5. The molecule has 1 amide bonds. The van der Waals surface area contributed by atoms with Crippen LogP contribution in [-0.4, -0.2) is 36.7 Å². The largest absolute Gasteiger partial charge is 0.467 e. The minimum atomic E-state index is 0.143. The molecule has 2 aliphatic rings. The van der Waals surface area contributed by atoms with Crippen molar-refractivity contribution >= 4 is 17.5 Å². The number of hydrogen-bond donors (Lipinski definition) is 1. The second kappa shape index (κ2) is 9.61. The number of carbonyl (C=O) groups is 1. The van der Waals surface area contributed by atoms with Gasteiger partial charge in [0.15, 0.2) is 6.79 Å². The summed E-state index contributed by atoms with van der Waals surface area (Å²) in [6.45, 7) is 3.53. The van der Waals surface area contributed by atoms with Gasteiger partial charge in [-0.05, 0) is 37.0 Å². The standard InChI is InChI=1S/C23H27ClN2O3/c24-20-12-18(23-19(13-20)15-28-16-29-23)14-26-10-8-21(9-11-26)25-22(27)7-6-17-4-2-1-3-5-17/h1-5,12-13,21H,6-11,14-16H2,(H,25,27). The topological polar surface area (TPSA) is 50.8 Å². The second-order valence-electron chi connectivity index (χ2n) is 7.77. The molecule has 0 unspecified atom stereocenters. The van der Waals surface area contributed by atoms with E-state index in [4.69, 9.17) is 21.1 Å². The van der Waals surface area contributed by atoms with Crippen LogP contribution in [0.5, 0.6) is 5.75 Å². The molecule has 2 aromatic rings. The van der Waals surface area contributed by atoms with Gasteiger partial charge in [0.05, 0.1) is 6.61 Å². The predicted molar refractivity (Wildman–Crippen MR) is 113 cm³/mol. The molecule has 2 aromatic carbocycles. The number of ether oxygens (including phenoxy) is 2. The molecule has 0 radical (unpaired) electrons. The SMILES string of the molecule is O=C(CCc1ccccc1)NC1CCN(Cc2cc(Cl)cc3c2OCOC3)CC1. The molecule has 0 saturated carbocycles. The smallest absolute Gasteiger partial charge is 0.220 e. The number of piperidine rings is 1. The lowest BCUT2D eigenvalue weighted by Gasteiger charge is -2.33. The molecule has 0 bridgehead atoms. The van der Waals surface area contributed by atoms with E-state index in [-0.39, 0.29) is 11.9 Å². The van der Waals surface area contributed by atoms with E-state index in [0.29, 0.717) is 24.8 Å². The lowest BCUT2D eigenvalue weighted by molar-refractivity contribution is -0.122. The zero-order chi connectivity index (χ0) is 20.1. The Balaban J connectivity index is 1.25. The van der Waals surface area contributed by atoms with Crippen molar-refractivity contribution in [3.8, 4) is 5.75 Å². The minimum Gasteiger partial charge on any atom is -0.467 e. The van der Waals surface area contributed by atoms with E-state index in [0.717, 1.165) is 55.8 Å². The highest BCUT2D eigenvalue weighted by Crippen LogP contribution is 2.32. The summed E-state index contributed by atoms with van der Waals surface area (Å²) < 4.78 is 11.1. The van der Waals surface area contributed by atoms with Crippen molar-refractivity contribution in [2.24, 2.45) is 0 Å². The van der Waals surface area contributed by atoms with Crippen molar-refractivity contribution in [1.29, 1.82) is 0 Å². The fourth-order valence-electron chi connectivity index (χ4n) is 4.05. The van der Waals surface area contributed by atoms with Gasteiger partial charge in [0.25, 0.3) is 0 Å². The molecule has 2 heterocycles. The molecule has 0 spiro atoms.